The maximum absolute atomic E-state index is 11.0. The van der Waals surface area contributed by atoms with Gasteiger partial charge in [-0.15, -0.1) is 0 Å². The van der Waals surface area contributed by atoms with Crippen LogP contribution in [0.5, 0.6) is 0 Å². The molecular formula is C13H11N3O4. The van der Waals surface area contributed by atoms with Crippen molar-refractivity contribution < 1.29 is 14.8 Å². The molecule has 0 bridgehead atoms. The molecule has 0 spiro atoms. The molecular weight excluding hydrogens is 262 g/mol. The van der Waals surface area contributed by atoms with Crippen LogP contribution in [-0.2, 0) is 0 Å². The first kappa shape index (κ1) is 13.5. The van der Waals surface area contributed by atoms with Gasteiger partial charge in [0, 0.05) is 18.0 Å². The number of carboxylic acid groups (broad SMARTS) is 1. The molecule has 20 heavy (non-hydrogen) atoms. The molecule has 1 aromatic heterocycles. The van der Waals surface area contributed by atoms with Crippen LogP contribution in [0.3, 0.4) is 0 Å². The summed E-state index contributed by atoms with van der Waals surface area (Å²) in [5.74, 6) is -0.752. The minimum absolute atomic E-state index is 0.0898. The Morgan fingerprint density at radius 1 is 1.35 bits per heavy atom. The fourth-order valence-corrected chi connectivity index (χ4v) is 1.68. The molecule has 2 aromatic rings. The molecule has 0 saturated heterocycles. The normalized spacial score (nSPS) is 10.1. The Morgan fingerprint density at radius 3 is 2.75 bits per heavy atom. The largest absolute Gasteiger partial charge is 0.478 e. The molecule has 0 fully saturated rings. The SMILES string of the molecule is Cc1ccc(Nc2cc([N+](=O)[O-])ccn2)cc1C(=O)O. The Balaban J connectivity index is 2.30. The highest BCUT2D eigenvalue weighted by Gasteiger charge is 2.10. The van der Waals surface area contributed by atoms with E-state index in [-0.39, 0.29) is 17.1 Å². The summed E-state index contributed by atoms with van der Waals surface area (Å²) < 4.78 is 0. The minimum atomic E-state index is -1.03. The minimum Gasteiger partial charge on any atom is -0.478 e. The predicted molar refractivity (Wildman–Crippen MR) is 72.3 cm³/mol. The Bertz CT molecular complexity index is 685. The number of pyridine rings is 1. The molecule has 0 unspecified atom stereocenters. The summed E-state index contributed by atoms with van der Waals surface area (Å²) in [5, 5.41) is 22.5. The first-order chi connectivity index (χ1) is 9.47. The van der Waals surface area contributed by atoms with Crippen LogP contribution in [0.15, 0.2) is 36.5 Å². The summed E-state index contributed by atoms with van der Waals surface area (Å²) in [6, 6.07) is 7.35. The molecule has 7 heteroatoms. The van der Waals surface area contributed by atoms with Crippen LogP contribution in [0.25, 0.3) is 0 Å². The maximum Gasteiger partial charge on any atom is 0.336 e. The molecule has 7 nitrogen and oxygen atoms in total. The molecule has 1 heterocycles. The first-order valence-corrected chi connectivity index (χ1v) is 5.69. The summed E-state index contributed by atoms with van der Waals surface area (Å²) in [7, 11) is 0. The van der Waals surface area contributed by atoms with Crippen molar-refractivity contribution in [3.8, 4) is 0 Å². The third-order valence-electron chi connectivity index (χ3n) is 2.69. The molecule has 0 atom stereocenters. The Morgan fingerprint density at radius 2 is 2.10 bits per heavy atom. The zero-order valence-corrected chi connectivity index (χ0v) is 10.5. The van der Waals surface area contributed by atoms with Crippen molar-refractivity contribution in [3.05, 3.63) is 57.8 Å². The Hall–Kier alpha value is -2.96. The van der Waals surface area contributed by atoms with E-state index < -0.39 is 10.9 Å². The molecule has 102 valence electrons. The Kier molecular flexibility index (Phi) is 3.60. The second-order valence-electron chi connectivity index (χ2n) is 4.12. The van der Waals surface area contributed by atoms with E-state index in [0.717, 1.165) is 0 Å². The van der Waals surface area contributed by atoms with Gasteiger partial charge in [-0.25, -0.2) is 9.78 Å². The van der Waals surface area contributed by atoms with Crippen molar-refractivity contribution in [2.45, 2.75) is 6.92 Å². The molecule has 0 saturated carbocycles. The number of aromatic nitrogens is 1. The van der Waals surface area contributed by atoms with Gasteiger partial charge < -0.3 is 10.4 Å². The molecule has 0 aliphatic carbocycles. The van der Waals surface area contributed by atoms with Crippen molar-refractivity contribution in [1.82, 2.24) is 4.98 Å². The highest BCUT2D eigenvalue weighted by atomic mass is 16.6. The standard InChI is InChI=1S/C13H11N3O4/c1-8-2-3-9(6-11(8)13(17)18)15-12-7-10(16(19)20)4-5-14-12/h2-7H,1H3,(H,14,15)(H,17,18). The van der Waals surface area contributed by atoms with Gasteiger partial charge in [0.25, 0.3) is 5.69 Å². The number of hydrogen-bond acceptors (Lipinski definition) is 5. The predicted octanol–water partition coefficient (Wildman–Crippen LogP) is 2.74. The van der Waals surface area contributed by atoms with Crippen LogP contribution >= 0.6 is 0 Å². The molecule has 0 aliphatic heterocycles. The number of nitrogens with one attached hydrogen (secondary N) is 1. The molecule has 0 aliphatic rings. The fourth-order valence-electron chi connectivity index (χ4n) is 1.68. The van der Waals surface area contributed by atoms with E-state index in [1.165, 1.54) is 24.4 Å². The molecule has 2 rings (SSSR count). The summed E-state index contributed by atoms with van der Waals surface area (Å²) in [4.78, 5) is 25.1. The van der Waals surface area contributed by atoms with Gasteiger partial charge in [0.2, 0.25) is 0 Å². The van der Waals surface area contributed by atoms with Crippen molar-refractivity contribution in [2.75, 3.05) is 5.32 Å². The van der Waals surface area contributed by atoms with Gasteiger partial charge in [0.15, 0.2) is 0 Å². The molecule has 0 amide bonds. The van der Waals surface area contributed by atoms with E-state index in [2.05, 4.69) is 10.3 Å². The van der Waals surface area contributed by atoms with Gasteiger partial charge in [-0.05, 0) is 24.6 Å². The van der Waals surface area contributed by atoms with Crippen LogP contribution < -0.4 is 5.32 Å². The quantitative estimate of drug-likeness (QED) is 0.655. The number of aryl methyl sites for hydroxylation is 1. The zero-order chi connectivity index (χ0) is 14.7. The van der Waals surface area contributed by atoms with E-state index in [1.54, 1.807) is 19.1 Å². The van der Waals surface area contributed by atoms with Gasteiger partial charge in [0.05, 0.1) is 16.6 Å². The lowest BCUT2D eigenvalue weighted by molar-refractivity contribution is -0.384. The number of aromatic carboxylic acids is 1. The van der Waals surface area contributed by atoms with Crippen LogP contribution in [0.4, 0.5) is 17.2 Å². The van der Waals surface area contributed by atoms with Crippen molar-refractivity contribution in [2.24, 2.45) is 0 Å². The number of hydrogen-bond donors (Lipinski definition) is 2. The maximum atomic E-state index is 11.0. The van der Waals surface area contributed by atoms with Crippen LogP contribution in [0.2, 0.25) is 0 Å². The van der Waals surface area contributed by atoms with Crippen molar-refractivity contribution >= 4 is 23.2 Å². The first-order valence-electron chi connectivity index (χ1n) is 5.69. The lowest BCUT2D eigenvalue weighted by Crippen LogP contribution is -2.02. The lowest BCUT2D eigenvalue weighted by atomic mass is 10.1. The summed E-state index contributed by atoms with van der Waals surface area (Å²) in [6.07, 6.45) is 1.31. The van der Waals surface area contributed by atoms with E-state index in [9.17, 15) is 14.9 Å². The van der Waals surface area contributed by atoms with Crippen molar-refractivity contribution in [3.63, 3.8) is 0 Å². The monoisotopic (exact) mass is 273 g/mol. The van der Waals surface area contributed by atoms with Crippen LogP contribution in [0, 0.1) is 17.0 Å². The lowest BCUT2D eigenvalue weighted by Gasteiger charge is -2.08. The summed E-state index contributed by atoms with van der Waals surface area (Å²) in [6.45, 7) is 1.69. The topological polar surface area (TPSA) is 105 Å². The second-order valence-corrected chi connectivity index (χ2v) is 4.12. The van der Waals surface area contributed by atoms with Gasteiger partial charge in [-0.3, -0.25) is 10.1 Å². The van der Waals surface area contributed by atoms with Crippen molar-refractivity contribution in [1.29, 1.82) is 0 Å². The van der Waals surface area contributed by atoms with Gasteiger partial charge in [0.1, 0.15) is 5.82 Å². The number of nitrogens with zero attached hydrogens (tertiary/aromatic N) is 2. The van der Waals surface area contributed by atoms with Gasteiger partial charge >= 0.3 is 5.97 Å². The molecule has 2 N–H and O–H groups in total. The number of rotatable bonds is 4. The van der Waals surface area contributed by atoms with E-state index in [0.29, 0.717) is 11.3 Å². The van der Waals surface area contributed by atoms with Crippen LogP contribution in [-0.4, -0.2) is 21.0 Å². The molecule has 0 radical (unpaired) electrons. The number of nitro groups is 1. The third kappa shape index (κ3) is 2.89. The number of benzene rings is 1. The highest BCUT2D eigenvalue weighted by Crippen LogP contribution is 2.21. The number of carbonyl (C=O) groups is 1. The second kappa shape index (κ2) is 5.35. The van der Waals surface area contributed by atoms with Gasteiger partial charge in [-0.1, -0.05) is 6.07 Å². The van der Waals surface area contributed by atoms with E-state index in [1.807, 2.05) is 0 Å². The smallest absolute Gasteiger partial charge is 0.336 e. The number of anilines is 2. The highest BCUT2D eigenvalue weighted by molar-refractivity contribution is 5.90. The summed E-state index contributed by atoms with van der Waals surface area (Å²) in [5.41, 5.74) is 1.21. The third-order valence-corrected chi connectivity index (χ3v) is 2.69. The average molecular weight is 273 g/mol. The fraction of sp³-hybridized carbons (Fsp3) is 0.0769. The average Bonchev–Trinajstić information content (AvgIpc) is 2.41. The number of carboxylic acids is 1. The van der Waals surface area contributed by atoms with Crippen LogP contribution in [0.1, 0.15) is 15.9 Å². The van der Waals surface area contributed by atoms with E-state index >= 15 is 0 Å². The zero-order valence-electron chi connectivity index (χ0n) is 10.5. The van der Waals surface area contributed by atoms with Gasteiger partial charge in [-0.2, -0.15) is 0 Å². The van der Waals surface area contributed by atoms with E-state index in [4.69, 9.17) is 5.11 Å². The summed E-state index contributed by atoms with van der Waals surface area (Å²) >= 11 is 0. The Labute approximate surface area is 114 Å². The molecule has 1 aromatic carbocycles.